The maximum Gasteiger partial charge on any atom is 0.344 e. The number of hydrogen-bond donors (Lipinski definition) is 3. The monoisotopic (exact) mass is 502 g/mol. The molecule has 1 atom stereocenters. The molecular formula is C20H24Cl2N4O5S. The fourth-order valence-corrected chi connectivity index (χ4v) is 4.18. The van der Waals surface area contributed by atoms with Gasteiger partial charge in [-0.05, 0) is 35.1 Å². The van der Waals surface area contributed by atoms with Gasteiger partial charge in [-0.25, -0.2) is 9.59 Å². The van der Waals surface area contributed by atoms with Crippen molar-refractivity contribution >= 4 is 51.7 Å². The number of amides is 2. The molecule has 1 aromatic carbocycles. The highest BCUT2D eigenvalue weighted by atomic mass is 35.5. The van der Waals surface area contributed by atoms with E-state index in [1.165, 1.54) is 0 Å². The molecule has 9 nitrogen and oxygen atoms in total. The number of urea groups is 1. The molecule has 2 aromatic rings. The van der Waals surface area contributed by atoms with Gasteiger partial charge in [0.2, 0.25) is 5.88 Å². The third kappa shape index (κ3) is 6.94. The summed E-state index contributed by atoms with van der Waals surface area (Å²) in [7, 11) is 0. The molecule has 0 saturated carbocycles. The minimum atomic E-state index is -1.25. The van der Waals surface area contributed by atoms with E-state index in [0.29, 0.717) is 22.2 Å². The number of halogens is 2. The van der Waals surface area contributed by atoms with Crippen LogP contribution in [-0.4, -0.2) is 65.8 Å². The molecule has 2 amide bonds. The second-order valence-corrected chi connectivity index (χ2v) is 8.98. The number of carbonyl (C=O) groups excluding carboxylic acids is 1. The van der Waals surface area contributed by atoms with Crippen LogP contribution in [0.5, 0.6) is 5.88 Å². The Balaban J connectivity index is 1.54. The molecule has 1 aromatic heterocycles. The van der Waals surface area contributed by atoms with Crippen LogP contribution in [0.25, 0.3) is 0 Å². The molecule has 1 saturated heterocycles. The van der Waals surface area contributed by atoms with E-state index in [4.69, 9.17) is 32.7 Å². The number of hydrogen-bond acceptors (Lipinski definition) is 7. The standard InChI is InChI=1S/C20H24Cl2N4O5S/c1-12(10-26-4-6-30-7-5-26)9-23-20(29)24-18-16(19(27)28)17(25-32-18)31-11-13-2-3-14(21)15(22)8-13/h2-3,8,12H,4-7,9-11H2,1H3,(H,27,28)(H2,23,24,29). The van der Waals surface area contributed by atoms with Gasteiger partial charge in [-0.3, -0.25) is 10.2 Å². The van der Waals surface area contributed by atoms with Gasteiger partial charge in [0.25, 0.3) is 0 Å². The largest absolute Gasteiger partial charge is 0.477 e. The molecule has 1 unspecified atom stereocenters. The topological polar surface area (TPSA) is 113 Å². The molecule has 0 aliphatic carbocycles. The normalized spacial score (nSPS) is 15.2. The van der Waals surface area contributed by atoms with Gasteiger partial charge in [-0.2, -0.15) is 4.37 Å². The lowest BCUT2D eigenvalue weighted by atomic mass is 10.1. The summed E-state index contributed by atoms with van der Waals surface area (Å²) in [5.74, 6) is -1.10. The van der Waals surface area contributed by atoms with Gasteiger partial charge >= 0.3 is 12.0 Å². The zero-order chi connectivity index (χ0) is 23.1. The second-order valence-electron chi connectivity index (χ2n) is 7.39. The summed E-state index contributed by atoms with van der Waals surface area (Å²) >= 11 is 12.7. The summed E-state index contributed by atoms with van der Waals surface area (Å²) in [6.07, 6.45) is 0. The van der Waals surface area contributed by atoms with Gasteiger partial charge in [0.1, 0.15) is 11.6 Å². The van der Waals surface area contributed by atoms with Crippen LogP contribution in [0.15, 0.2) is 18.2 Å². The van der Waals surface area contributed by atoms with Gasteiger partial charge in [-0.15, -0.1) is 0 Å². The average Bonchev–Trinajstić information content (AvgIpc) is 3.16. The molecule has 12 heteroatoms. The van der Waals surface area contributed by atoms with E-state index in [0.717, 1.165) is 44.4 Å². The number of ether oxygens (including phenoxy) is 2. The van der Waals surface area contributed by atoms with Gasteiger partial charge in [-0.1, -0.05) is 36.2 Å². The van der Waals surface area contributed by atoms with Crippen molar-refractivity contribution in [2.45, 2.75) is 13.5 Å². The van der Waals surface area contributed by atoms with Crippen molar-refractivity contribution < 1.29 is 24.2 Å². The van der Waals surface area contributed by atoms with Crippen LogP contribution in [0.4, 0.5) is 9.80 Å². The predicted octanol–water partition coefficient (Wildman–Crippen LogP) is 3.82. The Morgan fingerprint density at radius 2 is 2.06 bits per heavy atom. The van der Waals surface area contributed by atoms with Gasteiger partial charge in [0, 0.05) is 26.2 Å². The Hall–Kier alpha value is -2.11. The molecule has 2 heterocycles. The SMILES string of the molecule is CC(CNC(=O)Nc1snc(OCc2ccc(Cl)c(Cl)c2)c1C(=O)O)CN1CCOCC1. The highest BCUT2D eigenvalue weighted by molar-refractivity contribution is 7.11. The van der Waals surface area contributed by atoms with Gasteiger partial charge in [0.05, 0.1) is 23.3 Å². The molecule has 32 heavy (non-hydrogen) atoms. The Bertz CT molecular complexity index is 952. The van der Waals surface area contributed by atoms with Crippen molar-refractivity contribution in [2.75, 3.05) is 44.7 Å². The van der Waals surface area contributed by atoms with Crippen LogP contribution in [-0.2, 0) is 11.3 Å². The molecular weight excluding hydrogens is 479 g/mol. The number of carbonyl (C=O) groups is 2. The van der Waals surface area contributed by atoms with Crippen molar-refractivity contribution in [2.24, 2.45) is 5.92 Å². The number of anilines is 1. The molecule has 174 valence electrons. The van der Waals surface area contributed by atoms with E-state index in [1.807, 2.05) is 6.92 Å². The number of rotatable bonds is 9. The smallest absolute Gasteiger partial charge is 0.344 e. The number of aromatic nitrogens is 1. The third-order valence-corrected chi connectivity index (χ3v) is 6.23. The Morgan fingerprint density at radius 3 is 2.75 bits per heavy atom. The van der Waals surface area contributed by atoms with E-state index >= 15 is 0 Å². The van der Waals surface area contributed by atoms with Crippen LogP contribution >= 0.6 is 34.7 Å². The molecule has 0 bridgehead atoms. The van der Waals surface area contributed by atoms with E-state index < -0.39 is 12.0 Å². The fourth-order valence-electron chi connectivity index (χ4n) is 3.13. The van der Waals surface area contributed by atoms with Crippen molar-refractivity contribution in [3.8, 4) is 5.88 Å². The molecule has 3 N–H and O–H groups in total. The van der Waals surface area contributed by atoms with Gasteiger partial charge < -0.3 is 19.9 Å². The predicted molar refractivity (Wildman–Crippen MR) is 123 cm³/mol. The summed E-state index contributed by atoms with van der Waals surface area (Å²) < 4.78 is 14.9. The van der Waals surface area contributed by atoms with Crippen LogP contribution in [0.3, 0.4) is 0 Å². The summed E-state index contributed by atoms with van der Waals surface area (Å²) in [4.78, 5) is 26.3. The number of carboxylic acids is 1. The lowest BCUT2D eigenvalue weighted by molar-refractivity contribution is 0.0320. The van der Waals surface area contributed by atoms with Crippen molar-refractivity contribution in [3.63, 3.8) is 0 Å². The number of carboxylic acid groups (broad SMARTS) is 1. The number of benzene rings is 1. The quantitative estimate of drug-likeness (QED) is 0.477. The number of nitrogens with zero attached hydrogens (tertiary/aromatic N) is 2. The zero-order valence-electron chi connectivity index (χ0n) is 17.4. The Labute approximate surface area is 199 Å². The maximum atomic E-state index is 12.3. The van der Waals surface area contributed by atoms with Crippen molar-refractivity contribution in [1.82, 2.24) is 14.6 Å². The second kappa shape index (κ2) is 11.7. The molecule has 3 rings (SSSR count). The zero-order valence-corrected chi connectivity index (χ0v) is 19.7. The van der Waals surface area contributed by atoms with Crippen LogP contribution in [0.1, 0.15) is 22.8 Å². The van der Waals surface area contributed by atoms with Crippen molar-refractivity contribution in [3.05, 3.63) is 39.4 Å². The van der Waals surface area contributed by atoms with Crippen LogP contribution in [0, 0.1) is 5.92 Å². The minimum Gasteiger partial charge on any atom is -0.477 e. The lowest BCUT2D eigenvalue weighted by Crippen LogP contribution is -2.42. The van der Waals surface area contributed by atoms with E-state index in [1.54, 1.807) is 18.2 Å². The number of morpholine rings is 1. The highest BCUT2D eigenvalue weighted by Crippen LogP contribution is 2.31. The van der Waals surface area contributed by atoms with E-state index in [-0.39, 0.29) is 29.0 Å². The van der Waals surface area contributed by atoms with Crippen LogP contribution < -0.4 is 15.4 Å². The minimum absolute atomic E-state index is 0.0472. The summed E-state index contributed by atoms with van der Waals surface area (Å²) in [5.41, 5.74) is 0.497. The first kappa shape index (κ1) is 24.5. The number of aromatic carboxylic acids is 1. The molecule has 1 aliphatic rings. The molecule has 1 aliphatic heterocycles. The molecule has 0 radical (unpaired) electrons. The Morgan fingerprint density at radius 1 is 1.31 bits per heavy atom. The average molecular weight is 503 g/mol. The lowest BCUT2D eigenvalue weighted by Gasteiger charge is -2.29. The Kier molecular flexibility index (Phi) is 8.94. The first-order chi connectivity index (χ1) is 15.3. The van der Waals surface area contributed by atoms with E-state index in [9.17, 15) is 14.7 Å². The summed E-state index contributed by atoms with van der Waals surface area (Å²) in [6.45, 7) is 6.58. The molecule has 1 fully saturated rings. The third-order valence-electron chi connectivity index (χ3n) is 4.75. The number of nitrogens with one attached hydrogen (secondary N) is 2. The molecule has 0 spiro atoms. The summed E-state index contributed by atoms with van der Waals surface area (Å²) in [6, 6.07) is 4.47. The van der Waals surface area contributed by atoms with Crippen molar-refractivity contribution in [1.29, 1.82) is 0 Å². The first-order valence-electron chi connectivity index (χ1n) is 9.98. The summed E-state index contributed by atoms with van der Waals surface area (Å²) in [5, 5.41) is 15.8. The fraction of sp³-hybridized carbons (Fsp3) is 0.450. The highest BCUT2D eigenvalue weighted by Gasteiger charge is 2.24. The maximum absolute atomic E-state index is 12.3. The van der Waals surface area contributed by atoms with Crippen LogP contribution in [0.2, 0.25) is 10.0 Å². The van der Waals surface area contributed by atoms with E-state index in [2.05, 4.69) is 19.9 Å². The van der Waals surface area contributed by atoms with Gasteiger partial charge in [0.15, 0.2) is 5.56 Å². The first-order valence-corrected chi connectivity index (χ1v) is 11.5.